The quantitative estimate of drug-likeness (QED) is 0.778. The van der Waals surface area contributed by atoms with Crippen LogP contribution in [0.5, 0.6) is 0 Å². The number of aromatic carboxylic acids is 1. The van der Waals surface area contributed by atoms with E-state index in [2.05, 4.69) is 9.97 Å². The second-order valence-electron chi connectivity index (χ2n) is 3.56. The number of aryl methyl sites for hydroxylation is 1. The molecule has 2 heterocycles. The van der Waals surface area contributed by atoms with E-state index in [-0.39, 0.29) is 5.56 Å². The van der Waals surface area contributed by atoms with Gasteiger partial charge in [0.2, 0.25) is 0 Å². The molecule has 0 unspecified atom stereocenters. The number of carboxylic acid groups (broad SMARTS) is 1. The van der Waals surface area contributed by atoms with Crippen molar-refractivity contribution in [3.8, 4) is 0 Å². The highest BCUT2D eigenvalue weighted by atomic mass is 16.5. The van der Waals surface area contributed by atoms with Gasteiger partial charge in [0.05, 0.1) is 13.2 Å². The third-order valence-electron chi connectivity index (χ3n) is 2.43. The lowest BCUT2D eigenvalue weighted by atomic mass is 10.2. The van der Waals surface area contributed by atoms with E-state index < -0.39 is 5.97 Å². The van der Waals surface area contributed by atoms with E-state index in [1.54, 1.807) is 6.92 Å². The van der Waals surface area contributed by atoms with Gasteiger partial charge in [-0.1, -0.05) is 0 Å². The number of carboxylic acids is 1. The zero-order valence-corrected chi connectivity index (χ0v) is 9.01. The molecule has 1 fully saturated rings. The lowest BCUT2D eigenvalue weighted by molar-refractivity contribution is 0.0695. The van der Waals surface area contributed by atoms with Gasteiger partial charge in [-0.3, -0.25) is 0 Å². The minimum atomic E-state index is -0.999. The van der Waals surface area contributed by atoms with E-state index in [0.717, 1.165) is 0 Å². The average molecular weight is 223 g/mol. The van der Waals surface area contributed by atoms with Gasteiger partial charge in [-0.25, -0.2) is 14.8 Å². The smallest absolute Gasteiger partial charge is 0.341 e. The predicted molar refractivity (Wildman–Crippen MR) is 56.8 cm³/mol. The van der Waals surface area contributed by atoms with E-state index in [1.165, 1.54) is 6.20 Å². The Hall–Kier alpha value is -1.69. The highest BCUT2D eigenvalue weighted by Gasteiger charge is 2.20. The molecule has 0 aromatic carbocycles. The summed E-state index contributed by atoms with van der Waals surface area (Å²) in [7, 11) is 0. The Morgan fingerprint density at radius 3 is 2.81 bits per heavy atom. The summed E-state index contributed by atoms with van der Waals surface area (Å²) in [4.78, 5) is 21.1. The molecule has 86 valence electrons. The number of rotatable bonds is 2. The average Bonchev–Trinajstić information content (AvgIpc) is 2.29. The van der Waals surface area contributed by atoms with Crippen LogP contribution in [0.15, 0.2) is 6.20 Å². The monoisotopic (exact) mass is 223 g/mol. The molecule has 0 radical (unpaired) electrons. The molecule has 0 amide bonds. The standard InChI is InChI=1S/C10H13N3O3/c1-7-11-6-8(10(14)15)9(12-7)13-2-4-16-5-3-13/h6H,2-5H2,1H3,(H,14,15). The van der Waals surface area contributed by atoms with Gasteiger partial charge >= 0.3 is 5.97 Å². The third-order valence-corrected chi connectivity index (χ3v) is 2.43. The maximum atomic E-state index is 11.0. The number of nitrogens with zero attached hydrogens (tertiary/aromatic N) is 3. The lowest BCUT2D eigenvalue weighted by Gasteiger charge is -2.28. The van der Waals surface area contributed by atoms with Crippen LogP contribution >= 0.6 is 0 Å². The topological polar surface area (TPSA) is 75.5 Å². The molecule has 1 saturated heterocycles. The number of carbonyl (C=O) groups is 1. The van der Waals surface area contributed by atoms with Crippen molar-refractivity contribution in [2.24, 2.45) is 0 Å². The molecule has 6 nitrogen and oxygen atoms in total. The molecular weight excluding hydrogens is 210 g/mol. The Kier molecular flexibility index (Phi) is 3.00. The van der Waals surface area contributed by atoms with E-state index in [1.807, 2.05) is 4.90 Å². The van der Waals surface area contributed by atoms with Crippen molar-refractivity contribution < 1.29 is 14.6 Å². The zero-order valence-electron chi connectivity index (χ0n) is 9.01. The lowest BCUT2D eigenvalue weighted by Crippen LogP contribution is -2.38. The number of hydrogen-bond acceptors (Lipinski definition) is 5. The second-order valence-corrected chi connectivity index (χ2v) is 3.56. The van der Waals surface area contributed by atoms with Crippen LogP contribution in [0.25, 0.3) is 0 Å². The highest BCUT2D eigenvalue weighted by Crippen LogP contribution is 2.18. The molecule has 0 saturated carbocycles. The Labute approximate surface area is 92.9 Å². The van der Waals surface area contributed by atoms with Gasteiger partial charge in [0.25, 0.3) is 0 Å². The first-order valence-corrected chi connectivity index (χ1v) is 5.08. The molecule has 1 aliphatic heterocycles. The Bertz CT molecular complexity index is 402. The zero-order chi connectivity index (χ0) is 11.5. The van der Waals surface area contributed by atoms with Crippen LogP contribution in [0.1, 0.15) is 16.2 Å². The molecule has 0 aliphatic carbocycles. The fourth-order valence-electron chi connectivity index (χ4n) is 1.63. The fourth-order valence-corrected chi connectivity index (χ4v) is 1.63. The molecule has 16 heavy (non-hydrogen) atoms. The van der Waals surface area contributed by atoms with E-state index in [4.69, 9.17) is 9.84 Å². The Balaban J connectivity index is 2.36. The number of morpholine rings is 1. The minimum absolute atomic E-state index is 0.146. The summed E-state index contributed by atoms with van der Waals surface area (Å²) in [6.07, 6.45) is 1.36. The fraction of sp³-hybridized carbons (Fsp3) is 0.500. The first-order valence-electron chi connectivity index (χ1n) is 5.08. The molecule has 6 heteroatoms. The van der Waals surface area contributed by atoms with Gasteiger partial charge < -0.3 is 14.7 Å². The summed E-state index contributed by atoms with van der Waals surface area (Å²) in [6.45, 7) is 4.27. The van der Waals surface area contributed by atoms with E-state index in [0.29, 0.717) is 37.9 Å². The van der Waals surface area contributed by atoms with Crippen molar-refractivity contribution in [1.29, 1.82) is 0 Å². The number of aromatic nitrogens is 2. The Morgan fingerprint density at radius 2 is 2.19 bits per heavy atom. The summed E-state index contributed by atoms with van der Waals surface area (Å²) in [5.41, 5.74) is 0.146. The van der Waals surface area contributed by atoms with Gasteiger partial charge in [-0.15, -0.1) is 0 Å². The number of hydrogen-bond donors (Lipinski definition) is 1. The molecule has 0 spiro atoms. The summed E-state index contributed by atoms with van der Waals surface area (Å²) >= 11 is 0. The first kappa shape index (κ1) is 10.8. The van der Waals surface area contributed by atoms with Crippen molar-refractivity contribution in [3.63, 3.8) is 0 Å². The predicted octanol–water partition coefficient (Wildman–Crippen LogP) is 0.320. The van der Waals surface area contributed by atoms with Crippen LogP contribution in [-0.4, -0.2) is 47.3 Å². The maximum Gasteiger partial charge on any atom is 0.341 e. The van der Waals surface area contributed by atoms with Crippen LogP contribution in [0.2, 0.25) is 0 Å². The molecule has 2 rings (SSSR count). The molecule has 0 bridgehead atoms. The van der Waals surface area contributed by atoms with Crippen molar-refractivity contribution in [3.05, 3.63) is 17.6 Å². The van der Waals surface area contributed by atoms with Gasteiger partial charge in [0.1, 0.15) is 17.2 Å². The summed E-state index contributed by atoms with van der Waals surface area (Å²) < 4.78 is 5.22. The summed E-state index contributed by atoms with van der Waals surface area (Å²) in [6, 6.07) is 0. The van der Waals surface area contributed by atoms with Crippen molar-refractivity contribution in [2.45, 2.75) is 6.92 Å². The van der Waals surface area contributed by atoms with Crippen LogP contribution in [-0.2, 0) is 4.74 Å². The SMILES string of the molecule is Cc1ncc(C(=O)O)c(N2CCOCC2)n1. The maximum absolute atomic E-state index is 11.0. The molecule has 1 aromatic rings. The third kappa shape index (κ3) is 2.11. The molecule has 0 atom stereocenters. The summed E-state index contributed by atoms with van der Waals surface area (Å²) in [5, 5.41) is 9.05. The summed E-state index contributed by atoms with van der Waals surface area (Å²) in [5.74, 6) is 0.0660. The molecule has 1 aliphatic rings. The Morgan fingerprint density at radius 1 is 1.50 bits per heavy atom. The van der Waals surface area contributed by atoms with Gasteiger partial charge in [0.15, 0.2) is 0 Å². The largest absolute Gasteiger partial charge is 0.477 e. The highest BCUT2D eigenvalue weighted by molar-refractivity contribution is 5.92. The van der Waals surface area contributed by atoms with Crippen LogP contribution in [0.3, 0.4) is 0 Å². The van der Waals surface area contributed by atoms with Gasteiger partial charge in [0, 0.05) is 19.3 Å². The molecule has 1 aromatic heterocycles. The normalized spacial score (nSPS) is 16.2. The van der Waals surface area contributed by atoms with E-state index >= 15 is 0 Å². The van der Waals surface area contributed by atoms with Crippen LogP contribution in [0.4, 0.5) is 5.82 Å². The minimum Gasteiger partial charge on any atom is -0.477 e. The van der Waals surface area contributed by atoms with Crippen molar-refractivity contribution in [1.82, 2.24) is 9.97 Å². The van der Waals surface area contributed by atoms with Crippen molar-refractivity contribution >= 4 is 11.8 Å². The van der Waals surface area contributed by atoms with Crippen molar-refractivity contribution in [2.75, 3.05) is 31.2 Å². The number of ether oxygens (including phenoxy) is 1. The number of anilines is 1. The molecular formula is C10H13N3O3. The van der Waals surface area contributed by atoms with Gasteiger partial charge in [-0.2, -0.15) is 0 Å². The van der Waals surface area contributed by atoms with Gasteiger partial charge in [-0.05, 0) is 6.92 Å². The first-order chi connectivity index (χ1) is 7.68. The van der Waals surface area contributed by atoms with Crippen LogP contribution in [0, 0.1) is 6.92 Å². The molecule has 1 N–H and O–H groups in total. The van der Waals surface area contributed by atoms with Crippen LogP contribution < -0.4 is 4.90 Å². The second kappa shape index (κ2) is 4.44. The van der Waals surface area contributed by atoms with E-state index in [9.17, 15) is 4.79 Å².